The fraction of sp³-hybridized carbons (Fsp3) is 0.500. The average Bonchev–Trinajstić information content (AvgIpc) is 2.85. The number of anilines is 3. The Hall–Kier alpha value is -3.28. The molecule has 35 heavy (non-hydrogen) atoms. The molecule has 0 bridgehead atoms. The summed E-state index contributed by atoms with van der Waals surface area (Å²) in [5.74, 6) is 1.37. The Labute approximate surface area is 206 Å². The number of rotatable bonds is 17. The quantitative estimate of drug-likeness (QED) is 0.166. The van der Waals surface area contributed by atoms with E-state index in [1.54, 1.807) is 18.2 Å². The number of nitrogens with zero attached hydrogens (tertiary/aromatic N) is 3. The van der Waals surface area contributed by atoms with E-state index in [-0.39, 0.29) is 5.91 Å². The number of ether oxygens (including phenoxy) is 2. The van der Waals surface area contributed by atoms with Crippen LogP contribution in [0.3, 0.4) is 0 Å². The molecule has 1 aromatic heterocycles. The topological polar surface area (TPSA) is 148 Å². The predicted molar refractivity (Wildman–Crippen MR) is 137 cm³/mol. The largest absolute Gasteiger partial charge is 0.378 e. The van der Waals surface area contributed by atoms with Crippen molar-refractivity contribution in [1.29, 1.82) is 0 Å². The van der Waals surface area contributed by atoms with Crippen LogP contribution < -0.4 is 27.0 Å². The van der Waals surface area contributed by atoms with Crippen molar-refractivity contribution in [3.05, 3.63) is 48.0 Å². The number of amides is 1. The summed E-state index contributed by atoms with van der Waals surface area (Å²) in [5.41, 5.74) is 6.93. The lowest BCUT2D eigenvalue weighted by molar-refractivity contribution is 0.0511. The molecule has 0 unspecified atom stereocenters. The van der Waals surface area contributed by atoms with Gasteiger partial charge in [-0.3, -0.25) is 4.79 Å². The summed E-state index contributed by atoms with van der Waals surface area (Å²) in [6, 6.07) is 7.81. The van der Waals surface area contributed by atoms with Crippen molar-refractivity contribution in [2.45, 2.75) is 31.8 Å². The lowest BCUT2D eigenvalue weighted by Gasteiger charge is -2.26. The first kappa shape index (κ1) is 26.3. The van der Waals surface area contributed by atoms with Crippen molar-refractivity contribution in [2.75, 3.05) is 62.0 Å². The molecule has 1 aliphatic rings. The highest BCUT2D eigenvalue weighted by atomic mass is 16.5. The third kappa shape index (κ3) is 9.47. The smallest absolute Gasteiger partial charge is 0.251 e. The second-order valence-electron chi connectivity index (χ2n) is 8.07. The van der Waals surface area contributed by atoms with Crippen molar-refractivity contribution >= 4 is 23.8 Å². The van der Waals surface area contributed by atoms with Crippen LogP contribution in [0.5, 0.6) is 0 Å². The highest BCUT2D eigenvalue weighted by molar-refractivity contribution is 5.94. The molecule has 2 aromatic rings. The molecule has 0 aliphatic heterocycles. The van der Waals surface area contributed by atoms with Gasteiger partial charge in [-0.15, -0.1) is 6.58 Å². The first-order valence-electron chi connectivity index (χ1n) is 12.0. The normalized spacial score (nSPS) is 13.1. The summed E-state index contributed by atoms with van der Waals surface area (Å²) < 4.78 is 10.6. The Balaban J connectivity index is 1.44. The minimum atomic E-state index is -0.144. The maximum absolute atomic E-state index is 12.3. The Bertz CT molecular complexity index is 921. The molecule has 1 heterocycles. The van der Waals surface area contributed by atoms with Gasteiger partial charge in [0.05, 0.1) is 26.4 Å². The van der Waals surface area contributed by atoms with E-state index < -0.39 is 0 Å². The van der Waals surface area contributed by atoms with E-state index in [0.717, 1.165) is 18.4 Å². The molecule has 3 rings (SSSR count). The van der Waals surface area contributed by atoms with Crippen LogP contribution in [-0.4, -0.2) is 73.0 Å². The Kier molecular flexibility index (Phi) is 11.2. The van der Waals surface area contributed by atoms with Gasteiger partial charge in [0.1, 0.15) is 0 Å². The molecule has 1 aromatic carbocycles. The summed E-state index contributed by atoms with van der Waals surface area (Å²) in [7, 11) is 0. The van der Waals surface area contributed by atoms with Gasteiger partial charge >= 0.3 is 0 Å². The number of hydrogen-bond acceptors (Lipinski definition) is 10. The van der Waals surface area contributed by atoms with E-state index in [0.29, 0.717) is 82.1 Å². The zero-order valence-electron chi connectivity index (χ0n) is 20.1. The van der Waals surface area contributed by atoms with Crippen LogP contribution in [0.4, 0.5) is 17.8 Å². The first-order valence-corrected chi connectivity index (χ1v) is 12.0. The van der Waals surface area contributed by atoms with Crippen LogP contribution in [0.1, 0.15) is 35.2 Å². The third-order valence-corrected chi connectivity index (χ3v) is 5.31. The molecule has 190 valence electrons. The molecule has 0 spiro atoms. The fourth-order valence-electron chi connectivity index (χ4n) is 3.20. The van der Waals surface area contributed by atoms with Gasteiger partial charge in [-0.25, -0.2) is 0 Å². The zero-order chi connectivity index (χ0) is 24.7. The summed E-state index contributed by atoms with van der Waals surface area (Å²) >= 11 is 0. The van der Waals surface area contributed by atoms with E-state index in [4.69, 9.17) is 15.2 Å². The van der Waals surface area contributed by atoms with E-state index in [9.17, 15) is 4.79 Å². The van der Waals surface area contributed by atoms with Gasteiger partial charge in [0, 0.05) is 37.8 Å². The van der Waals surface area contributed by atoms with Gasteiger partial charge in [0.15, 0.2) is 0 Å². The Morgan fingerprint density at radius 2 is 1.69 bits per heavy atom. The van der Waals surface area contributed by atoms with Crippen LogP contribution in [0.15, 0.2) is 36.9 Å². The minimum absolute atomic E-state index is 0.144. The summed E-state index contributed by atoms with van der Waals surface area (Å²) in [5, 5.41) is 12.6. The Morgan fingerprint density at radius 1 is 1.00 bits per heavy atom. The standard InChI is InChI=1S/C24H36N8O3/c1-2-11-27-22-30-23(32-24(31-22)29-20-4-3-5-20)28-17-18-6-8-19(9-7-18)21(33)26-12-14-35-16-15-34-13-10-25/h2,6-9,20H,1,3-5,10-17,25H2,(H,26,33)(H3,27,28,29,30,31,32). The van der Waals surface area contributed by atoms with Crippen molar-refractivity contribution in [2.24, 2.45) is 5.73 Å². The molecular formula is C24H36N8O3. The molecule has 0 saturated heterocycles. The van der Waals surface area contributed by atoms with Crippen LogP contribution in [0.25, 0.3) is 0 Å². The van der Waals surface area contributed by atoms with Gasteiger partial charge in [0.25, 0.3) is 5.91 Å². The maximum Gasteiger partial charge on any atom is 0.251 e. The van der Waals surface area contributed by atoms with E-state index >= 15 is 0 Å². The number of benzene rings is 1. The first-order chi connectivity index (χ1) is 17.2. The molecule has 6 N–H and O–H groups in total. The second-order valence-corrected chi connectivity index (χ2v) is 8.07. The number of carbonyl (C=O) groups is 1. The predicted octanol–water partition coefficient (Wildman–Crippen LogP) is 1.77. The number of nitrogens with one attached hydrogen (secondary N) is 4. The zero-order valence-corrected chi connectivity index (χ0v) is 20.1. The molecule has 0 atom stereocenters. The van der Waals surface area contributed by atoms with Gasteiger partial charge in [0.2, 0.25) is 17.8 Å². The second kappa shape index (κ2) is 14.9. The molecule has 1 fully saturated rings. The summed E-state index contributed by atoms with van der Waals surface area (Å²) in [6.07, 6.45) is 5.23. The monoisotopic (exact) mass is 484 g/mol. The fourth-order valence-corrected chi connectivity index (χ4v) is 3.20. The van der Waals surface area contributed by atoms with E-state index in [2.05, 4.69) is 42.8 Å². The van der Waals surface area contributed by atoms with Crippen molar-refractivity contribution in [3.63, 3.8) is 0 Å². The highest BCUT2D eigenvalue weighted by Crippen LogP contribution is 2.22. The van der Waals surface area contributed by atoms with Crippen molar-refractivity contribution < 1.29 is 14.3 Å². The average molecular weight is 485 g/mol. The molecule has 11 heteroatoms. The lowest BCUT2D eigenvalue weighted by Crippen LogP contribution is -2.28. The van der Waals surface area contributed by atoms with Gasteiger partial charge in [-0.2, -0.15) is 15.0 Å². The van der Waals surface area contributed by atoms with Crippen molar-refractivity contribution in [1.82, 2.24) is 20.3 Å². The maximum atomic E-state index is 12.3. The van der Waals surface area contributed by atoms with Gasteiger partial charge in [-0.1, -0.05) is 18.2 Å². The number of aromatic nitrogens is 3. The van der Waals surface area contributed by atoms with Crippen molar-refractivity contribution in [3.8, 4) is 0 Å². The highest BCUT2D eigenvalue weighted by Gasteiger charge is 2.19. The Morgan fingerprint density at radius 3 is 2.34 bits per heavy atom. The molecule has 1 saturated carbocycles. The lowest BCUT2D eigenvalue weighted by atomic mass is 9.93. The minimum Gasteiger partial charge on any atom is -0.378 e. The van der Waals surface area contributed by atoms with Crippen LogP contribution in [0.2, 0.25) is 0 Å². The van der Waals surface area contributed by atoms with Gasteiger partial charge in [-0.05, 0) is 37.0 Å². The summed E-state index contributed by atoms with van der Waals surface area (Å²) in [4.78, 5) is 25.7. The third-order valence-electron chi connectivity index (χ3n) is 5.31. The number of carbonyl (C=O) groups excluding carboxylic acids is 1. The van der Waals surface area contributed by atoms with Crippen LogP contribution >= 0.6 is 0 Å². The SMILES string of the molecule is C=CCNc1nc(NCc2ccc(C(=O)NCCOCCOCCN)cc2)nc(NC2CCC2)n1. The van der Waals surface area contributed by atoms with Crippen LogP contribution in [0, 0.1) is 0 Å². The molecule has 0 radical (unpaired) electrons. The molecule has 1 amide bonds. The summed E-state index contributed by atoms with van der Waals surface area (Å²) in [6.45, 7) is 7.63. The number of nitrogens with two attached hydrogens (primary N) is 1. The van der Waals surface area contributed by atoms with Gasteiger partial charge < -0.3 is 36.5 Å². The molecular weight excluding hydrogens is 448 g/mol. The van der Waals surface area contributed by atoms with E-state index in [1.807, 2.05) is 12.1 Å². The molecule has 11 nitrogen and oxygen atoms in total. The molecule has 1 aliphatic carbocycles. The van der Waals surface area contributed by atoms with Crippen LogP contribution in [-0.2, 0) is 16.0 Å². The van der Waals surface area contributed by atoms with E-state index in [1.165, 1.54) is 6.42 Å². The number of hydrogen-bond donors (Lipinski definition) is 5.